The van der Waals surface area contributed by atoms with Crippen molar-refractivity contribution < 1.29 is 9.64 Å². The second-order valence-electron chi connectivity index (χ2n) is 6.84. The molecule has 0 aromatic heterocycles. The van der Waals surface area contributed by atoms with Gasteiger partial charge in [-0.2, -0.15) is 0 Å². The van der Waals surface area contributed by atoms with Gasteiger partial charge in [-0.25, -0.2) is 0 Å². The summed E-state index contributed by atoms with van der Waals surface area (Å²) in [6.45, 7) is 18.1. The monoisotopic (exact) mass is 306 g/mol. The lowest BCUT2D eigenvalue weighted by Crippen LogP contribution is -3.11. The van der Waals surface area contributed by atoms with Gasteiger partial charge in [0.2, 0.25) is 0 Å². The van der Waals surface area contributed by atoms with E-state index >= 15 is 0 Å². The zero-order chi connectivity index (χ0) is 16.5. The van der Waals surface area contributed by atoms with Crippen LogP contribution in [0, 0.1) is 0 Å². The van der Waals surface area contributed by atoms with Crippen molar-refractivity contribution in [1.29, 1.82) is 0 Å². The molecular weight excluding hydrogens is 270 g/mol. The van der Waals surface area contributed by atoms with Crippen LogP contribution in [0.2, 0.25) is 0 Å². The van der Waals surface area contributed by atoms with E-state index in [4.69, 9.17) is 4.74 Å². The Kier molecular flexibility index (Phi) is 8.55. The van der Waals surface area contributed by atoms with Gasteiger partial charge in [0.1, 0.15) is 5.75 Å². The van der Waals surface area contributed by atoms with Crippen molar-refractivity contribution in [3.63, 3.8) is 0 Å². The van der Waals surface area contributed by atoms with Gasteiger partial charge in [0.15, 0.2) is 0 Å². The van der Waals surface area contributed by atoms with Crippen molar-refractivity contribution >= 4 is 0 Å². The molecule has 0 saturated heterocycles. The molecule has 1 aromatic carbocycles. The summed E-state index contributed by atoms with van der Waals surface area (Å²) in [7, 11) is 0. The molecule has 0 saturated carbocycles. The van der Waals surface area contributed by atoms with Gasteiger partial charge in [-0.3, -0.25) is 0 Å². The number of hydrogen-bond acceptors (Lipinski definition) is 1. The molecule has 0 heterocycles. The van der Waals surface area contributed by atoms with Gasteiger partial charge >= 0.3 is 0 Å². The Hall–Kier alpha value is -1.02. The smallest absolute Gasteiger partial charge is 0.126 e. The van der Waals surface area contributed by atoms with Gasteiger partial charge in [0.05, 0.1) is 26.2 Å². The first kappa shape index (κ1) is 19.0. The van der Waals surface area contributed by atoms with E-state index < -0.39 is 0 Å². The lowest BCUT2D eigenvalue weighted by molar-refractivity contribution is -0.896. The van der Waals surface area contributed by atoms with Gasteiger partial charge < -0.3 is 9.64 Å². The van der Waals surface area contributed by atoms with Gasteiger partial charge in [0.25, 0.3) is 0 Å². The zero-order valence-electron chi connectivity index (χ0n) is 15.5. The maximum atomic E-state index is 6.23. The number of hydrogen-bond donors (Lipinski definition) is 1. The summed E-state index contributed by atoms with van der Waals surface area (Å²) in [5, 5.41) is 0. The van der Waals surface area contributed by atoms with Gasteiger partial charge in [-0.15, -0.1) is 0 Å². The Morgan fingerprint density at radius 2 is 1.45 bits per heavy atom. The number of benzene rings is 1. The minimum absolute atomic E-state index is 0.508. The SMILES string of the molecule is CC[NH+](CC)CCCCOc1c(C(C)C)cccc1C(C)C. The van der Waals surface area contributed by atoms with Crippen LogP contribution in [0.1, 0.15) is 77.3 Å². The van der Waals surface area contributed by atoms with Crippen LogP contribution in [0.4, 0.5) is 0 Å². The normalized spacial score (nSPS) is 11.7. The van der Waals surface area contributed by atoms with Crippen LogP contribution in [0.25, 0.3) is 0 Å². The molecule has 126 valence electrons. The standard InChI is InChI=1S/C20H35NO/c1-7-21(8-2)14-9-10-15-22-20-18(16(3)4)12-11-13-19(20)17(5)6/h11-13,16-17H,7-10,14-15H2,1-6H3/p+1. The Morgan fingerprint density at radius 3 is 1.91 bits per heavy atom. The lowest BCUT2D eigenvalue weighted by atomic mass is 9.94. The summed E-state index contributed by atoms with van der Waals surface area (Å²) < 4.78 is 6.23. The first-order valence-electron chi connectivity index (χ1n) is 9.10. The highest BCUT2D eigenvalue weighted by molar-refractivity contribution is 5.44. The van der Waals surface area contributed by atoms with Gasteiger partial charge in [-0.1, -0.05) is 45.9 Å². The van der Waals surface area contributed by atoms with E-state index in [1.54, 1.807) is 4.90 Å². The average Bonchev–Trinajstić information content (AvgIpc) is 2.50. The third-order valence-electron chi connectivity index (χ3n) is 4.49. The number of para-hydroxylation sites is 1. The number of rotatable bonds is 10. The number of ether oxygens (including phenoxy) is 1. The quantitative estimate of drug-likeness (QED) is 0.645. The molecule has 2 nitrogen and oxygen atoms in total. The van der Waals surface area contributed by atoms with Crippen molar-refractivity contribution in [3.05, 3.63) is 29.3 Å². The fourth-order valence-corrected chi connectivity index (χ4v) is 2.90. The highest BCUT2D eigenvalue weighted by atomic mass is 16.5. The van der Waals surface area contributed by atoms with Crippen molar-refractivity contribution in [1.82, 2.24) is 0 Å². The third kappa shape index (κ3) is 5.64. The summed E-state index contributed by atoms with van der Waals surface area (Å²) in [4.78, 5) is 1.69. The molecule has 0 radical (unpaired) electrons. The second kappa shape index (κ2) is 9.89. The van der Waals surface area contributed by atoms with Crippen LogP contribution >= 0.6 is 0 Å². The molecule has 2 heteroatoms. The van der Waals surface area contributed by atoms with E-state index in [2.05, 4.69) is 59.7 Å². The summed E-state index contributed by atoms with van der Waals surface area (Å²) in [6.07, 6.45) is 2.39. The molecule has 0 fully saturated rings. The van der Waals surface area contributed by atoms with Crippen molar-refractivity contribution in [2.24, 2.45) is 0 Å². The molecule has 0 aliphatic carbocycles. The van der Waals surface area contributed by atoms with Crippen LogP contribution in [-0.2, 0) is 0 Å². The predicted molar refractivity (Wildman–Crippen MR) is 96.3 cm³/mol. The average molecular weight is 307 g/mol. The first-order chi connectivity index (χ1) is 10.5. The van der Waals surface area contributed by atoms with Crippen LogP contribution in [0.3, 0.4) is 0 Å². The molecule has 0 amide bonds. The third-order valence-corrected chi connectivity index (χ3v) is 4.49. The van der Waals surface area contributed by atoms with Crippen LogP contribution in [0.15, 0.2) is 18.2 Å². The fourth-order valence-electron chi connectivity index (χ4n) is 2.90. The summed E-state index contributed by atoms with van der Waals surface area (Å²) in [5.41, 5.74) is 2.70. The summed E-state index contributed by atoms with van der Waals surface area (Å²) >= 11 is 0. The topological polar surface area (TPSA) is 13.7 Å². The van der Waals surface area contributed by atoms with E-state index in [9.17, 15) is 0 Å². The summed E-state index contributed by atoms with van der Waals surface area (Å²) in [6, 6.07) is 6.60. The largest absolute Gasteiger partial charge is 0.493 e. The van der Waals surface area contributed by atoms with E-state index in [0.717, 1.165) is 18.8 Å². The van der Waals surface area contributed by atoms with Crippen LogP contribution in [0.5, 0.6) is 5.75 Å². The minimum Gasteiger partial charge on any atom is -0.493 e. The number of nitrogens with one attached hydrogen (secondary N) is 1. The van der Waals surface area contributed by atoms with Crippen molar-refractivity contribution in [2.45, 2.75) is 66.2 Å². The molecule has 22 heavy (non-hydrogen) atoms. The van der Waals surface area contributed by atoms with Crippen molar-refractivity contribution in [2.75, 3.05) is 26.2 Å². The Morgan fingerprint density at radius 1 is 0.909 bits per heavy atom. The molecule has 0 atom stereocenters. The van der Waals surface area contributed by atoms with E-state index in [0.29, 0.717) is 11.8 Å². The minimum atomic E-state index is 0.508. The molecule has 0 spiro atoms. The molecule has 1 aromatic rings. The van der Waals surface area contributed by atoms with Gasteiger partial charge in [0, 0.05) is 0 Å². The number of unbranched alkanes of at least 4 members (excludes halogenated alkanes) is 1. The zero-order valence-corrected chi connectivity index (χ0v) is 15.5. The van der Waals surface area contributed by atoms with Crippen LogP contribution < -0.4 is 9.64 Å². The Balaban J connectivity index is 2.61. The predicted octanol–water partition coefficient (Wildman–Crippen LogP) is 4.02. The molecule has 0 bridgehead atoms. The van der Waals surface area contributed by atoms with E-state index in [1.165, 1.54) is 37.2 Å². The highest BCUT2D eigenvalue weighted by Gasteiger charge is 2.14. The molecule has 0 aliphatic heterocycles. The second-order valence-corrected chi connectivity index (χ2v) is 6.84. The van der Waals surface area contributed by atoms with Crippen LogP contribution in [-0.4, -0.2) is 26.2 Å². The molecule has 1 rings (SSSR count). The fraction of sp³-hybridized carbons (Fsp3) is 0.700. The molecular formula is C20H36NO+. The first-order valence-corrected chi connectivity index (χ1v) is 9.10. The van der Waals surface area contributed by atoms with Crippen molar-refractivity contribution in [3.8, 4) is 5.75 Å². The Bertz CT molecular complexity index is 395. The molecule has 0 aliphatic rings. The summed E-state index contributed by atoms with van der Waals surface area (Å²) in [5.74, 6) is 2.16. The van der Waals surface area contributed by atoms with Gasteiger partial charge in [-0.05, 0) is 49.7 Å². The van der Waals surface area contributed by atoms with E-state index in [1.807, 2.05) is 0 Å². The maximum absolute atomic E-state index is 6.23. The highest BCUT2D eigenvalue weighted by Crippen LogP contribution is 2.34. The molecule has 1 N–H and O–H groups in total. The lowest BCUT2D eigenvalue weighted by Gasteiger charge is -2.20. The Labute approximate surface area is 137 Å². The maximum Gasteiger partial charge on any atom is 0.126 e. The number of quaternary nitrogens is 1. The van der Waals surface area contributed by atoms with E-state index in [-0.39, 0.29) is 0 Å². The molecule has 0 unspecified atom stereocenters.